The summed E-state index contributed by atoms with van der Waals surface area (Å²) in [6.07, 6.45) is -3.59. The first kappa shape index (κ1) is 25.6. The summed E-state index contributed by atoms with van der Waals surface area (Å²) in [7, 11) is 0. The summed E-state index contributed by atoms with van der Waals surface area (Å²) in [6, 6.07) is 6.64. The fraction of sp³-hybridized carbons (Fsp3) is 0.200. The van der Waals surface area contributed by atoms with Crippen molar-refractivity contribution in [3.8, 4) is 5.75 Å². The van der Waals surface area contributed by atoms with Crippen molar-refractivity contribution in [2.75, 3.05) is 0 Å². The highest BCUT2D eigenvalue weighted by Crippen LogP contribution is 2.44. The van der Waals surface area contributed by atoms with Crippen LogP contribution in [0.25, 0.3) is 11.1 Å². The molecule has 0 bridgehead atoms. The normalized spacial score (nSPS) is 13.9. The molecule has 0 atom stereocenters. The van der Waals surface area contributed by atoms with E-state index < -0.39 is 53.0 Å². The van der Waals surface area contributed by atoms with Crippen LogP contribution in [0.15, 0.2) is 42.5 Å². The lowest BCUT2D eigenvalue weighted by Gasteiger charge is -2.16. The standard InChI is InChI=1S/C25H16ClF6NO3/c26-13-4-5-23(36-11-18-19(28)9-14(27)10-20(18)29)17(8-13)15-2-1-3-16(15)21-6-12(25(30,31)32)7-22(33-21)24(34)35/h4-10H,1-3,11H2,(H,34,35). The number of benzene rings is 2. The zero-order chi connectivity index (χ0) is 26.2. The summed E-state index contributed by atoms with van der Waals surface area (Å²) in [5, 5.41) is 9.54. The third kappa shape index (κ3) is 5.33. The van der Waals surface area contributed by atoms with Gasteiger partial charge in [-0.25, -0.2) is 22.9 Å². The van der Waals surface area contributed by atoms with Gasteiger partial charge in [-0.15, -0.1) is 0 Å². The molecular weight excluding hydrogens is 512 g/mol. The molecule has 1 aliphatic rings. The number of ether oxygens (including phenoxy) is 1. The van der Waals surface area contributed by atoms with Gasteiger partial charge in [-0.3, -0.25) is 0 Å². The van der Waals surface area contributed by atoms with Gasteiger partial charge in [0.1, 0.15) is 35.5 Å². The van der Waals surface area contributed by atoms with Crippen LogP contribution in [0.2, 0.25) is 5.02 Å². The molecule has 188 valence electrons. The number of allylic oxidation sites excluding steroid dienone is 2. The summed E-state index contributed by atoms with van der Waals surface area (Å²) in [4.78, 5) is 15.3. The maximum Gasteiger partial charge on any atom is 0.416 e. The lowest BCUT2D eigenvalue weighted by molar-refractivity contribution is -0.137. The third-order valence-corrected chi connectivity index (χ3v) is 5.88. The number of aromatic carboxylic acids is 1. The first-order chi connectivity index (χ1) is 16.9. The molecule has 1 aliphatic carbocycles. The van der Waals surface area contributed by atoms with Gasteiger partial charge in [-0.05, 0) is 60.7 Å². The van der Waals surface area contributed by atoms with Crippen molar-refractivity contribution in [1.82, 2.24) is 4.98 Å². The maximum atomic E-state index is 14.1. The Morgan fingerprint density at radius 3 is 2.31 bits per heavy atom. The van der Waals surface area contributed by atoms with Crippen molar-refractivity contribution < 1.29 is 41.0 Å². The number of hydrogen-bond acceptors (Lipinski definition) is 3. The van der Waals surface area contributed by atoms with Crippen molar-refractivity contribution in [2.45, 2.75) is 32.0 Å². The number of aromatic nitrogens is 1. The Labute approximate surface area is 205 Å². The fourth-order valence-corrected chi connectivity index (χ4v) is 4.18. The number of carboxylic acid groups (broad SMARTS) is 1. The first-order valence-corrected chi connectivity index (χ1v) is 10.9. The van der Waals surface area contributed by atoms with E-state index in [0.29, 0.717) is 54.2 Å². The van der Waals surface area contributed by atoms with E-state index in [-0.39, 0.29) is 16.5 Å². The zero-order valence-corrected chi connectivity index (χ0v) is 19.0. The Morgan fingerprint density at radius 1 is 1.00 bits per heavy atom. The van der Waals surface area contributed by atoms with Gasteiger partial charge in [-0.2, -0.15) is 13.2 Å². The van der Waals surface area contributed by atoms with Crippen LogP contribution in [0.4, 0.5) is 26.3 Å². The molecule has 2 aromatic carbocycles. The summed E-state index contributed by atoms with van der Waals surface area (Å²) in [6.45, 7) is -0.597. The van der Waals surface area contributed by atoms with Gasteiger partial charge >= 0.3 is 12.1 Å². The predicted octanol–water partition coefficient (Wildman–Crippen LogP) is 7.54. The molecule has 0 saturated heterocycles. The summed E-state index contributed by atoms with van der Waals surface area (Å²) in [5.41, 5.74) is -1.35. The van der Waals surface area contributed by atoms with E-state index in [1.54, 1.807) is 0 Å². The van der Waals surface area contributed by atoms with Gasteiger partial charge in [0.15, 0.2) is 0 Å². The molecule has 11 heteroatoms. The average Bonchev–Trinajstić information content (AvgIpc) is 3.28. The molecule has 1 heterocycles. The van der Waals surface area contributed by atoms with Crippen molar-refractivity contribution in [3.63, 3.8) is 0 Å². The Morgan fingerprint density at radius 2 is 1.67 bits per heavy atom. The second-order valence-corrected chi connectivity index (χ2v) is 8.45. The molecule has 4 rings (SSSR count). The van der Waals surface area contributed by atoms with Gasteiger partial charge in [0.05, 0.1) is 16.8 Å². The van der Waals surface area contributed by atoms with Crippen molar-refractivity contribution in [3.05, 3.63) is 93.0 Å². The van der Waals surface area contributed by atoms with E-state index in [2.05, 4.69) is 4.98 Å². The average molecular weight is 528 g/mol. The zero-order valence-electron chi connectivity index (χ0n) is 18.2. The van der Waals surface area contributed by atoms with Crippen molar-refractivity contribution >= 4 is 28.7 Å². The number of rotatable bonds is 6. The first-order valence-electron chi connectivity index (χ1n) is 10.5. The lowest BCUT2D eigenvalue weighted by Crippen LogP contribution is -2.11. The van der Waals surface area contributed by atoms with Crippen molar-refractivity contribution in [2.24, 2.45) is 0 Å². The lowest BCUT2D eigenvalue weighted by atomic mass is 9.98. The topological polar surface area (TPSA) is 59.4 Å². The molecule has 0 amide bonds. The summed E-state index contributed by atoms with van der Waals surface area (Å²) in [5.74, 6) is -4.85. The predicted molar refractivity (Wildman–Crippen MR) is 119 cm³/mol. The van der Waals surface area contributed by atoms with Crippen LogP contribution in [0.1, 0.15) is 52.1 Å². The quantitative estimate of drug-likeness (QED) is 0.336. The number of carbonyl (C=O) groups is 1. The van der Waals surface area contributed by atoms with Crippen molar-refractivity contribution in [1.29, 1.82) is 0 Å². The van der Waals surface area contributed by atoms with Crippen LogP contribution in [-0.2, 0) is 12.8 Å². The van der Waals surface area contributed by atoms with E-state index in [1.165, 1.54) is 18.2 Å². The molecule has 1 aromatic heterocycles. The van der Waals surface area contributed by atoms with Gasteiger partial charge < -0.3 is 9.84 Å². The number of carboxylic acids is 1. The van der Waals surface area contributed by atoms with Gasteiger partial charge in [-0.1, -0.05) is 11.6 Å². The molecule has 0 fully saturated rings. The second kappa shape index (κ2) is 9.85. The highest BCUT2D eigenvalue weighted by molar-refractivity contribution is 6.30. The van der Waals surface area contributed by atoms with Crippen LogP contribution in [0.3, 0.4) is 0 Å². The van der Waals surface area contributed by atoms with E-state index >= 15 is 0 Å². The number of pyridine rings is 1. The van der Waals surface area contributed by atoms with Crippen LogP contribution in [-0.4, -0.2) is 16.1 Å². The van der Waals surface area contributed by atoms with Gasteiger partial charge in [0.2, 0.25) is 0 Å². The molecule has 3 aromatic rings. The smallest absolute Gasteiger partial charge is 0.416 e. The largest absolute Gasteiger partial charge is 0.488 e. The Hall–Kier alpha value is -3.53. The van der Waals surface area contributed by atoms with Crippen LogP contribution in [0, 0.1) is 17.5 Å². The van der Waals surface area contributed by atoms with E-state index in [4.69, 9.17) is 16.3 Å². The molecule has 0 radical (unpaired) electrons. The minimum atomic E-state index is -4.80. The van der Waals surface area contributed by atoms with E-state index in [9.17, 15) is 36.2 Å². The van der Waals surface area contributed by atoms with Crippen LogP contribution >= 0.6 is 11.6 Å². The molecule has 36 heavy (non-hydrogen) atoms. The fourth-order valence-electron chi connectivity index (χ4n) is 4.01. The van der Waals surface area contributed by atoms with Crippen LogP contribution in [0.5, 0.6) is 5.75 Å². The minimum absolute atomic E-state index is 0.127. The Bertz CT molecular complexity index is 1360. The number of halogens is 7. The molecule has 0 unspecified atom stereocenters. The minimum Gasteiger partial charge on any atom is -0.488 e. The monoisotopic (exact) mass is 527 g/mol. The maximum absolute atomic E-state index is 14.1. The second-order valence-electron chi connectivity index (χ2n) is 8.02. The summed E-state index contributed by atoms with van der Waals surface area (Å²) < 4.78 is 87.2. The molecule has 0 aliphatic heterocycles. The van der Waals surface area contributed by atoms with Gasteiger partial charge in [0, 0.05) is 22.7 Å². The molecular formula is C25H16ClF6NO3. The molecule has 0 saturated carbocycles. The Balaban J connectivity index is 1.79. The third-order valence-electron chi connectivity index (χ3n) is 5.64. The summed E-state index contributed by atoms with van der Waals surface area (Å²) >= 11 is 6.14. The highest BCUT2D eigenvalue weighted by atomic mass is 35.5. The SMILES string of the molecule is O=C(O)c1cc(C(F)(F)F)cc(C2=C(c3cc(Cl)ccc3OCc3c(F)cc(F)cc3F)CCC2)n1. The highest BCUT2D eigenvalue weighted by Gasteiger charge is 2.33. The number of hydrogen-bond donors (Lipinski definition) is 1. The molecule has 1 N–H and O–H groups in total. The van der Waals surface area contributed by atoms with E-state index in [0.717, 1.165) is 6.07 Å². The molecule has 4 nitrogen and oxygen atoms in total. The number of nitrogens with zero attached hydrogens (tertiary/aromatic N) is 1. The van der Waals surface area contributed by atoms with E-state index in [1.807, 2.05) is 0 Å². The number of alkyl halides is 3. The van der Waals surface area contributed by atoms with Crippen LogP contribution < -0.4 is 4.74 Å². The molecule has 0 spiro atoms. The Kier molecular flexibility index (Phi) is 6.99. The van der Waals surface area contributed by atoms with Gasteiger partial charge in [0.25, 0.3) is 0 Å².